The van der Waals surface area contributed by atoms with Crippen LogP contribution in [0.3, 0.4) is 0 Å². The molecule has 0 saturated carbocycles. The van der Waals surface area contributed by atoms with Gasteiger partial charge in [-0.1, -0.05) is 0 Å². The molecule has 0 unspecified atom stereocenters. The topological polar surface area (TPSA) is 37.6 Å². The van der Waals surface area contributed by atoms with Crippen LogP contribution in [0.4, 0.5) is 0 Å². The van der Waals surface area contributed by atoms with Crippen molar-refractivity contribution in [1.82, 2.24) is 14.3 Å². The molecule has 2 aromatic rings. The smallest absolute Gasteiger partial charge is 0.205 e. The number of fused-ring (bicyclic) bond motifs is 1. The van der Waals surface area contributed by atoms with Gasteiger partial charge in [-0.25, -0.2) is 4.98 Å². The van der Waals surface area contributed by atoms with Crippen molar-refractivity contribution in [2.24, 2.45) is 0 Å². The van der Waals surface area contributed by atoms with Gasteiger partial charge in [0.1, 0.15) is 11.3 Å². The standard InChI is InChI=1S/C13H14BrN3O/c1-9-6-13-15-7-11(17(13)8-10(9)14)12(18)4-5-16(2)3/h4-8H,1-3H3. The molecular formula is C13H14BrN3O. The Morgan fingerprint density at radius 2 is 2.22 bits per heavy atom. The quantitative estimate of drug-likeness (QED) is 0.646. The van der Waals surface area contributed by atoms with Gasteiger partial charge in [0.2, 0.25) is 5.78 Å². The van der Waals surface area contributed by atoms with E-state index in [0.717, 1.165) is 15.7 Å². The third-order valence-electron chi connectivity index (χ3n) is 2.57. The normalized spacial score (nSPS) is 11.3. The van der Waals surface area contributed by atoms with Crippen molar-refractivity contribution >= 4 is 27.4 Å². The van der Waals surface area contributed by atoms with Crippen LogP contribution in [0.15, 0.2) is 35.2 Å². The molecule has 0 atom stereocenters. The average molecular weight is 308 g/mol. The molecule has 2 aromatic heterocycles. The zero-order valence-corrected chi connectivity index (χ0v) is 12.1. The Morgan fingerprint density at radius 3 is 2.89 bits per heavy atom. The van der Waals surface area contributed by atoms with Crippen molar-refractivity contribution < 1.29 is 4.79 Å². The van der Waals surface area contributed by atoms with Crippen LogP contribution < -0.4 is 0 Å². The number of aromatic nitrogens is 2. The number of nitrogens with zero attached hydrogens (tertiary/aromatic N) is 3. The van der Waals surface area contributed by atoms with E-state index in [4.69, 9.17) is 0 Å². The van der Waals surface area contributed by atoms with Crippen molar-refractivity contribution in [3.05, 3.63) is 46.5 Å². The van der Waals surface area contributed by atoms with Crippen molar-refractivity contribution in [2.45, 2.75) is 6.92 Å². The maximum absolute atomic E-state index is 12.0. The predicted octanol–water partition coefficient (Wildman–Crippen LogP) is 2.66. The van der Waals surface area contributed by atoms with Crippen molar-refractivity contribution in [3.63, 3.8) is 0 Å². The van der Waals surface area contributed by atoms with Crippen LogP contribution in [0.2, 0.25) is 0 Å². The van der Waals surface area contributed by atoms with Crippen LogP contribution in [-0.4, -0.2) is 34.2 Å². The van der Waals surface area contributed by atoms with E-state index < -0.39 is 0 Å². The van der Waals surface area contributed by atoms with Crippen LogP contribution in [0.5, 0.6) is 0 Å². The minimum Gasteiger partial charge on any atom is -0.383 e. The third kappa shape index (κ3) is 2.46. The molecule has 0 aliphatic heterocycles. The maximum atomic E-state index is 12.0. The van der Waals surface area contributed by atoms with E-state index in [9.17, 15) is 4.79 Å². The largest absolute Gasteiger partial charge is 0.383 e. The van der Waals surface area contributed by atoms with E-state index in [1.807, 2.05) is 38.2 Å². The second-order valence-corrected chi connectivity index (χ2v) is 5.17. The molecule has 0 bridgehead atoms. The molecule has 0 aromatic carbocycles. The molecule has 0 radical (unpaired) electrons. The highest BCUT2D eigenvalue weighted by molar-refractivity contribution is 9.10. The predicted molar refractivity (Wildman–Crippen MR) is 74.8 cm³/mol. The molecule has 0 fully saturated rings. The highest BCUT2D eigenvalue weighted by Crippen LogP contribution is 2.19. The number of carbonyl (C=O) groups excluding carboxylic acids is 1. The number of ketones is 1. The number of allylic oxidation sites excluding steroid dienone is 1. The average Bonchev–Trinajstić information content (AvgIpc) is 2.69. The Hall–Kier alpha value is -1.62. The first-order valence-electron chi connectivity index (χ1n) is 5.51. The van der Waals surface area contributed by atoms with E-state index in [0.29, 0.717) is 5.69 Å². The Bertz CT molecular complexity index is 628. The lowest BCUT2D eigenvalue weighted by Gasteiger charge is -2.04. The molecule has 0 aliphatic carbocycles. The van der Waals surface area contributed by atoms with Gasteiger partial charge in [0, 0.05) is 37.0 Å². The summed E-state index contributed by atoms with van der Waals surface area (Å²) in [5.41, 5.74) is 2.43. The van der Waals surface area contributed by atoms with Crippen LogP contribution in [-0.2, 0) is 0 Å². The van der Waals surface area contributed by atoms with Gasteiger partial charge in [-0.3, -0.25) is 9.20 Å². The van der Waals surface area contributed by atoms with Gasteiger partial charge in [-0.05, 0) is 34.5 Å². The van der Waals surface area contributed by atoms with Crippen LogP contribution in [0, 0.1) is 6.92 Å². The van der Waals surface area contributed by atoms with E-state index in [-0.39, 0.29) is 5.78 Å². The van der Waals surface area contributed by atoms with Crippen molar-refractivity contribution in [3.8, 4) is 0 Å². The highest BCUT2D eigenvalue weighted by atomic mass is 79.9. The first-order valence-corrected chi connectivity index (χ1v) is 6.30. The van der Waals surface area contributed by atoms with Gasteiger partial charge in [0.05, 0.1) is 6.20 Å². The monoisotopic (exact) mass is 307 g/mol. The second kappa shape index (κ2) is 4.94. The fourth-order valence-electron chi connectivity index (χ4n) is 1.58. The summed E-state index contributed by atoms with van der Waals surface area (Å²) in [6.45, 7) is 1.99. The summed E-state index contributed by atoms with van der Waals surface area (Å²) in [4.78, 5) is 18.1. The number of imidazole rings is 1. The van der Waals surface area contributed by atoms with Crippen LogP contribution in [0.25, 0.3) is 5.65 Å². The van der Waals surface area contributed by atoms with Crippen LogP contribution >= 0.6 is 15.9 Å². The first kappa shape index (κ1) is 12.8. The number of carbonyl (C=O) groups is 1. The zero-order valence-electron chi connectivity index (χ0n) is 10.5. The van der Waals surface area contributed by atoms with Gasteiger partial charge in [0.15, 0.2) is 0 Å². The molecule has 0 spiro atoms. The molecule has 18 heavy (non-hydrogen) atoms. The lowest BCUT2D eigenvalue weighted by molar-refractivity contribution is 0.104. The number of aryl methyl sites for hydroxylation is 1. The molecule has 2 heterocycles. The molecule has 94 valence electrons. The molecule has 0 saturated heterocycles. The number of pyridine rings is 1. The first-order chi connectivity index (χ1) is 8.49. The molecule has 0 N–H and O–H groups in total. The summed E-state index contributed by atoms with van der Waals surface area (Å²) in [5.74, 6) is -0.0630. The van der Waals surface area contributed by atoms with E-state index in [2.05, 4.69) is 20.9 Å². The summed E-state index contributed by atoms with van der Waals surface area (Å²) < 4.78 is 2.75. The number of halogens is 1. The van der Waals surface area contributed by atoms with E-state index in [1.54, 1.807) is 16.8 Å². The fraction of sp³-hybridized carbons (Fsp3) is 0.231. The minimum atomic E-state index is -0.0630. The van der Waals surface area contributed by atoms with E-state index in [1.165, 1.54) is 6.08 Å². The number of hydrogen-bond acceptors (Lipinski definition) is 3. The molecule has 0 amide bonds. The van der Waals surface area contributed by atoms with Crippen LogP contribution in [0.1, 0.15) is 16.1 Å². The van der Waals surface area contributed by atoms with Gasteiger partial charge in [-0.2, -0.15) is 0 Å². The summed E-state index contributed by atoms with van der Waals surface area (Å²) >= 11 is 3.46. The second-order valence-electron chi connectivity index (χ2n) is 4.32. The molecule has 2 rings (SSSR count). The van der Waals surface area contributed by atoms with Gasteiger partial charge in [-0.15, -0.1) is 0 Å². The van der Waals surface area contributed by atoms with E-state index >= 15 is 0 Å². The Labute approximate surface area is 114 Å². The zero-order chi connectivity index (χ0) is 13.3. The Kier molecular flexibility index (Phi) is 3.52. The minimum absolute atomic E-state index is 0.0630. The Morgan fingerprint density at radius 1 is 1.50 bits per heavy atom. The van der Waals surface area contributed by atoms with Crippen molar-refractivity contribution in [1.29, 1.82) is 0 Å². The lowest BCUT2D eigenvalue weighted by atomic mass is 10.2. The lowest BCUT2D eigenvalue weighted by Crippen LogP contribution is -2.05. The SMILES string of the molecule is Cc1cc2ncc(C(=O)C=CN(C)C)n2cc1Br. The highest BCUT2D eigenvalue weighted by Gasteiger charge is 2.10. The summed E-state index contributed by atoms with van der Waals surface area (Å²) in [5, 5.41) is 0. The van der Waals surface area contributed by atoms with Crippen molar-refractivity contribution in [2.75, 3.05) is 14.1 Å². The number of rotatable bonds is 3. The number of hydrogen-bond donors (Lipinski definition) is 0. The molecule has 4 nitrogen and oxygen atoms in total. The maximum Gasteiger partial charge on any atom is 0.205 e. The summed E-state index contributed by atoms with van der Waals surface area (Å²) in [6.07, 6.45) is 6.74. The molecule has 5 heteroatoms. The van der Waals surface area contributed by atoms with Gasteiger partial charge >= 0.3 is 0 Å². The summed E-state index contributed by atoms with van der Waals surface area (Å²) in [6, 6.07) is 1.94. The van der Waals surface area contributed by atoms with Gasteiger partial charge in [0.25, 0.3) is 0 Å². The Balaban J connectivity index is 2.46. The summed E-state index contributed by atoms with van der Waals surface area (Å²) in [7, 11) is 3.75. The van der Waals surface area contributed by atoms with Gasteiger partial charge < -0.3 is 4.90 Å². The third-order valence-corrected chi connectivity index (χ3v) is 3.40. The molecule has 0 aliphatic rings. The fourth-order valence-corrected chi connectivity index (χ4v) is 1.90. The molecular weight excluding hydrogens is 294 g/mol.